The van der Waals surface area contributed by atoms with Gasteiger partial charge in [0.1, 0.15) is 5.65 Å². The Labute approximate surface area is 159 Å². The van der Waals surface area contributed by atoms with Crippen LogP contribution in [0.2, 0.25) is 0 Å². The van der Waals surface area contributed by atoms with Crippen molar-refractivity contribution in [3.63, 3.8) is 0 Å². The van der Waals surface area contributed by atoms with E-state index in [2.05, 4.69) is 31.0 Å². The van der Waals surface area contributed by atoms with Crippen LogP contribution in [0.25, 0.3) is 5.65 Å². The summed E-state index contributed by atoms with van der Waals surface area (Å²) in [6, 6.07) is 12.0. The van der Waals surface area contributed by atoms with E-state index in [1.54, 1.807) is 12.1 Å². The van der Waals surface area contributed by atoms with Gasteiger partial charge in [0.15, 0.2) is 0 Å². The molecule has 0 saturated heterocycles. The topological polar surface area (TPSA) is 92.6 Å². The molecule has 3 rings (SSSR count). The second-order valence-electron chi connectivity index (χ2n) is 5.58. The molecule has 3 aromatic rings. The zero-order chi connectivity index (χ0) is 18.6. The number of hydrogen-bond donors (Lipinski definition) is 2. The molecule has 0 atom stereocenters. The Kier molecular flexibility index (Phi) is 5.70. The van der Waals surface area contributed by atoms with Gasteiger partial charge in [0.2, 0.25) is 15.9 Å². The quantitative estimate of drug-likeness (QED) is 0.592. The Balaban J connectivity index is 1.47. The Bertz CT molecular complexity index is 983. The average molecular weight is 437 g/mol. The van der Waals surface area contributed by atoms with Crippen LogP contribution < -0.4 is 10.0 Å². The van der Waals surface area contributed by atoms with Gasteiger partial charge in [-0.25, -0.2) is 18.1 Å². The van der Waals surface area contributed by atoms with Crippen LogP contribution in [-0.2, 0) is 21.4 Å². The molecule has 0 bridgehead atoms. The first-order valence-corrected chi connectivity index (χ1v) is 10.2. The number of halogens is 1. The number of amides is 1. The lowest BCUT2D eigenvalue weighted by Gasteiger charge is -2.07. The van der Waals surface area contributed by atoms with Crippen molar-refractivity contribution >= 4 is 37.5 Å². The monoisotopic (exact) mass is 436 g/mol. The summed E-state index contributed by atoms with van der Waals surface area (Å²) in [5.41, 5.74) is 1.54. The molecule has 0 aliphatic carbocycles. The third kappa shape index (κ3) is 4.69. The summed E-state index contributed by atoms with van der Waals surface area (Å²) in [5, 5.41) is 2.74. The van der Waals surface area contributed by atoms with Gasteiger partial charge in [-0.05, 0) is 36.4 Å². The Hall–Kier alpha value is -2.23. The minimum absolute atomic E-state index is 0.0232. The number of hydrogen-bond acceptors (Lipinski definition) is 4. The predicted octanol–water partition coefficient (Wildman–Crippen LogP) is 2.08. The molecule has 2 heterocycles. The summed E-state index contributed by atoms with van der Waals surface area (Å²) >= 11 is 3.26. The van der Waals surface area contributed by atoms with Crippen LogP contribution in [0, 0.1) is 0 Å². The molecule has 26 heavy (non-hydrogen) atoms. The lowest BCUT2D eigenvalue weighted by atomic mass is 10.4. The Morgan fingerprint density at radius 3 is 2.65 bits per heavy atom. The zero-order valence-corrected chi connectivity index (χ0v) is 16.1. The number of sulfonamides is 1. The Morgan fingerprint density at radius 1 is 1.15 bits per heavy atom. The molecule has 0 radical (unpaired) electrons. The average Bonchev–Trinajstić information content (AvgIpc) is 3.03. The van der Waals surface area contributed by atoms with Gasteiger partial charge in [-0.2, -0.15) is 0 Å². The number of rotatable bonds is 7. The molecule has 0 aliphatic rings. The number of fused-ring (bicyclic) bond motifs is 1. The SMILES string of the molecule is O=C(CCNS(=O)(=O)c1ccc(Br)cc1)NCc1cn2ccccc2n1. The summed E-state index contributed by atoms with van der Waals surface area (Å²) in [5.74, 6) is -0.249. The summed E-state index contributed by atoms with van der Waals surface area (Å²) in [7, 11) is -3.62. The number of carbonyl (C=O) groups excluding carboxylic acids is 1. The van der Waals surface area contributed by atoms with Gasteiger partial charge < -0.3 is 9.72 Å². The van der Waals surface area contributed by atoms with Gasteiger partial charge >= 0.3 is 0 Å². The second kappa shape index (κ2) is 7.98. The van der Waals surface area contributed by atoms with E-state index in [9.17, 15) is 13.2 Å². The van der Waals surface area contributed by atoms with Crippen molar-refractivity contribution in [2.45, 2.75) is 17.9 Å². The van der Waals surface area contributed by atoms with Gasteiger partial charge in [0.05, 0.1) is 17.1 Å². The van der Waals surface area contributed by atoms with E-state index in [0.717, 1.165) is 15.8 Å². The van der Waals surface area contributed by atoms with Crippen molar-refractivity contribution in [1.82, 2.24) is 19.4 Å². The molecule has 2 aromatic heterocycles. The summed E-state index contributed by atoms with van der Waals surface area (Å²) in [4.78, 5) is 16.5. The molecule has 0 saturated carbocycles. The highest BCUT2D eigenvalue weighted by Gasteiger charge is 2.14. The lowest BCUT2D eigenvalue weighted by Crippen LogP contribution is -2.30. The van der Waals surface area contributed by atoms with E-state index in [4.69, 9.17) is 0 Å². The molecule has 2 N–H and O–H groups in total. The second-order valence-corrected chi connectivity index (χ2v) is 8.26. The minimum atomic E-state index is -3.62. The highest BCUT2D eigenvalue weighted by molar-refractivity contribution is 9.10. The maximum Gasteiger partial charge on any atom is 0.240 e. The largest absolute Gasteiger partial charge is 0.350 e. The lowest BCUT2D eigenvalue weighted by molar-refractivity contribution is -0.121. The fraction of sp³-hybridized carbons (Fsp3) is 0.176. The molecule has 1 aromatic carbocycles. The van der Waals surface area contributed by atoms with Crippen LogP contribution in [-0.4, -0.2) is 30.3 Å². The molecule has 0 unspecified atom stereocenters. The van der Waals surface area contributed by atoms with E-state index in [1.807, 2.05) is 35.0 Å². The van der Waals surface area contributed by atoms with Gasteiger partial charge in [-0.15, -0.1) is 0 Å². The molecule has 0 spiro atoms. The van der Waals surface area contributed by atoms with Crippen LogP contribution in [0.15, 0.2) is 64.2 Å². The zero-order valence-electron chi connectivity index (χ0n) is 13.7. The molecule has 0 fully saturated rings. The van der Waals surface area contributed by atoms with Gasteiger partial charge in [0.25, 0.3) is 0 Å². The van der Waals surface area contributed by atoms with Crippen molar-refractivity contribution in [2.24, 2.45) is 0 Å². The number of benzene rings is 1. The molecular weight excluding hydrogens is 420 g/mol. The number of nitrogens with zero attached hydrogens (tertiary/aromatic N) is 2. The fourth-order valence-corrected chi connectivity index (χ4v) is 3.64. The van der Waals surface area contributed by atoms with Gasteiger partial charge in [-0.3, -0.25) is 4.79 Å². The van der Waals surface area contributed by atoms with E-state index in [0.29, 0.717) is 6.54 Å². The van der Waals surface area contributed by atoms with E-state index >= 15 is 0 Å². The summed E-state index contributed by atoms with van der Waals surface area (Å²) < 4.78 is 29.4. The number of nitrogens with one attached hydrogen (secondary N) is 2. The molecular formula is C17H17BrN4O3S. The van der Waals surface area contributed by atoms with Crippen LogP contribution in [0.1, 0.15) is 12.1 Å². The maximum absolute atomic E-state index is 12.1. The first-order chi connectivity index (χ1) is 12.4. The molecule has 0 aliphatic heterocycles. The van der Waals surface area contributed by atoms with Crippen LogP contribution in [0.4, 0.5) is 0 Å². The molecule has 136 valence electrons. The number of carbonyl (C=O) groups is 1. The van der Waals surface area contributed by atoms with E-state index in [1.165, 1.54) is 12.1 Å². The molecule has 7 nitrogen and oxygen atoms in total. The first-order valence-electron chi connectivity index (χ1n) is 7.88. The maximum atomic E-state index is 12.1. The van der Waals surface area contributed by atoms with Crippen LogP contribution >= 0.6 is 15.9 Å². The summed E-state index contributed by atoms with van der Waals surface area (Å²) in [6.07, 6.45) is 3.76. The highest BCUT2D eigenvalue weighted by atomic mass is 79.9. The van der Waals surface area contributed by atoms with Crippen molar-refractivity contribution in [2.75, 3.05) is 6.54 Å². The normalized spacial score (nSPS) is 11.6. The number of aromatic nitrogens is 2. The smallest absolute Gasteiger partial charge is 0.240 e. The van der Waals surface area contributed by atoms with Crippen LogP contribution in [0.3, 0.4) is 0 Å². The fourth-order valence-electron chi connectivity index (χ4n) is 2.35. The van der Waals surface area contributed by atoms with Gasteiger partial charge in [0, 0.05) is 29.8 Å². The molecule has 1 amide bonds. The van der Waals surface area contributed by atoms with E-state index in [-0.39, 0.29) is 23.8 Å². The van der Waals surface area contributed by atoms with E-state index < -0.39 is 10.0 Å². The molecule has 9 heteroatoms. The Morgan fingerprint density at radius 2 is 1.92 bits per heavy atom. The first kappa shape index (κ1) is 18.6. The van der Waals surface area contributed by atoms with Crippen molar-refractivity contribution in [1.29, 1.82) is 0 Å². The van der Waals surface area contributed by atoms with Crippen LogP contribution in [0.5, 0.6) is 0 Å². The van der Waals surface area contributed by atoms with Gasteiger partial charge in [-0.1, -0.05) is 22.0 Å². The predicted molar refractivity (Wildman–Crippen MR) is 101 cm³/mol. The third-order valence-corrected chi connectivity index (χ3v) is 5.65. The standard InChI is InChI=1S/C17H17BrN4O3S/c18-13-4-6-15(7-5-13)26(24,25)20-9-8-17(23)19-11-14-12-22-10-2-1-3-16(22)21-14/h1-7,10,12,20H,8-9,11H2,(H,19,23). The third-order valence-electron chi connectivity index (χ3n) is 3.65. The van der Waals surface area contributed by atoms with Crippen molar-refractivity contribution < 1.29 is 13.2 Å². The number of pyridine rings is 1. The number of imidazole rings is 1. The highest BCUT2D eigenvalue weighted by Crippen LogP contribution is 2.14. The summed E-state index contributed by atoms with van der Waals surface area (Å²) in [6.45, 7) is 0.315. The van der Waals surface area contributed by atoms with Crippen molar-refractivity contribution in [3.05, 3.63) is 65.0 Å². The van der Waals surface area contributed by atoms with Crippen molar-refractivity contribution in [3.8, 4) is 0 Å². The minimum Gasteiger partial charge on any atom is -0.350 e.